The summed E-state index contributed by atoms with van der Waals surface area (Å²) in [6, 6.07) is 0. The largest absolute Gasteiger partial charge is 0.395 e. The number of rotatable bonds is 5. The normalized spacial score (nSPS) is 10.8. The number of nitrogens with two attached hydrogens (primary N) is 1. The van der Waals surface area contributed by atoms with Gasteiger partial charge in [0.25, 0.3) is 5.91 Å². The molecule has 2 rings (SSSR count). The van der Waals surface area contributed by atoms with Gasteiger partial charge >= 0.3 is 0 Å². The minimum absolute atomic E-state index is 0.236. The Morgan fingerprint density at radius 1 is 1.45 bits per heavy atom. The molecule has 7 heteroatoms. The molecular weight excluding hydrogens is 258 g/mol. The smallest absolute Gasteiger partial charge is 0.274 e. The van der Waals surface area contributed by atoms with Gasteiger partial charge in [-0.2, -0.15) is 5.10 Å². The SMILES string of the molecule is CCCc1[nH]nc(C(=O)NCc2c(C)noc2C)c1N. The minimum atomic E-state index is -0.305. The second-order valence-corrected chi connectivity index (χ2v) is 4.70. The van der Waals surface area contributed by atoms with Crippen LogP contribution in [0.5, 0.6) is 0 Å². The number of anilines is 1. The summed E-state index contributed by atoms with van der Waals surface area (Å²) >= 11 is 0. The molecule has 2 heterocycles. The van der Waals surface area contributed by atoms with E-state index in [4.69, 9.17) is 10.3 Å². The van der Waals surface area contributed by atoms with Crippen LogP contribution in [0.3, 0.4) is 0 Å². The minimum Gasteiger partial charge on any atom is -0.395 e. The second-order valence-electron chi connectivity index (χ2n) is 4.70. The van der Waals surface area contributed by atoms with Gasteiger partial charge in [0.2, 0.25) is 0 Å². The van der Waals surface area contributed by atoms with Crippen LogP contribution in [0, 0.1) is 13.8 Å². The molecule has 0 saturated heterocycles. The van der Waals surface area contributed by atoms with Crippen LogP contribution >= 0.6 is 0 Å². The van der Waals surface area contributed by atoms with E-state index >= 15 is 0 Å². The first-order chi connectivity index (χ1) is 9.54. The van der Waals surface area contributed by atoms with E-state index in [0.717, 1.165) is 29.8 Å². The maximum absolute atomic E-state index is 12.1. The van der Waals surface area contributed by atoms with Crippen molar-refractivity contribution in [3.63, 3.8) is 0 Å². The van der Waals surface area contributed by atoms with Crippen LogP contribution in [0.1, 0.15) is 46.5 Å². The number of aromatic amines is 1. The van der Waals surface area contributed by atoms with Crippen molar-refractivity contribution in [1.29, 1.82) is 0 Å². The Morgan fingerprint density at radius 3 is 2.80 bits per heavy atom. The summed E-state index contributed by atoms with van der Waals surface area (Å²) < 4.78 is 5.05. The lowest BCUT2D eigenvalue weighted by Crippen LogP contribution is -2.24. The second kappa shape index (κ2) is 5.77. The Bertz CT molecular complexity index is 595. The van der Waals surface area contributed by atoms with E-state index in [1.807, 2.05) is 20.8 Å². The van der Waals surface area contributed by atoms with Crippen molar-refractivity contribution in [3.05, 3.63) is 28.4 Å². The van der Waals surface area contributed by atoms with Gasteiger partial charge in [-0.05, 0) is 20.3 Å². The fourth-order valence-electron chi connectivity index (χ4n) is 2.01. The zero-order chi connectivity index (χ0) is 14.7. The third kappa shape index (κ3) is 2.66. The molecule has 1 amide bonds. The van der Waals surface area contributed by atoms with Crippen molar-refractivity contribution in [3.8, 4) is 0 Å². The molecule has 4 N–H and O–H groups in total. The zero-order valence-corrected chi connectivity index (χ0v) is 11.9. The highest BCUT2D eigenvalue weighted by molar-refractivity contribution is 5.97. The average molecular weight is 277 g/mol. The van der Waals surface area contributed by atoms with Crippen LogP contribution in [0.25, 0.3) is 0 Å². The number of aryl methyl sites for hydroxylation is 3. The van der Waals surface area contributed by atoms with E-state index in [0.29, 0.717) is 18.0 Å². The quantitative estimate of drug-likeness (QED) is 0.766. The standard InChI is InChI=1S/C13H19N5O2/c1-4-5-10-11(14)12(17-16-10)13(19)15-6-9-7(2)18-20-8(9)3/h4-6,14H2,1-3H3,(H,15,19)(H,16,17). The molecule has 0 aliphatic rings. The summed E-state index contributed by atoms with van der Waals surface area (Å²) in [4.78, 5) is 12.1. The Kier molecular flexibility index (Phi) is 4.07. The molecule has 0 unspecified atom stereocenters. The number of carbonyl (C=O) groups excluding carboxylic acids is 1. The number of hydrogen-bond donors (Lipinski definition) is 3. The lowest BCUT2D eigenvalue weighted by atomic mass is 10.2. The van der Waals surface area contributed by atoms with Crippen LogP contribution in [-0.4, -0.2) is 21.3 Å². The maximum atomic E-state index is 12.1. The number of amides is 1. The monoisotopic (exact) mass is 277 g/mol. The molecule has 0 atom stereocenters. The Morgan fingerprint density at radius 2 is 2.20 bits per heavy atom. The van der Waals surface area contributed by atoms with Crippen LogP contribution < -0.4 is 11.1 Å². The van der Waals surface area contributed by atoms with Crippen LogP contribution in [0.2, 0.25) is 0 Å². The number of hydrogen-bond acceptors (Lipinski definition) is 5. The zero-order valence-electron chi connectivity index (χ0n) is 11.9. The summed E-state index contributed by atoms with van der Waals surface area (Å²) in [6.45, 7) is 6.02. The molecule has 0 radical (unpaired) electrons. The Labute approximate surface area is 116 Å². The number of nitrogens with zero attached hydrogens (tertiary/aromatic N) is 2. The molecule has 0 aliphatic heterocycles. The third-order valence-corrected chi connectivity index (χ3v) is 3.20. The molecule has 0 fully saturated rings. The van der Waals surface area contributed by atoms with Gasteiger partial charge in [-0.3, -0.25) is 9.89 Å². The lowest BCUT2D eigenvalue weighted by Gasteiger charge is -2.03. The summed E-state index contributed by atoms with van der Waals surface area (Å²) in [7, 11) is 0. The van der Waals surface area contributed by atoms with E-state index in [9.17, 15) is 4.79 Å². The predicted octanol–water partition coefficient (Wildman–Crippen LogP) is 1.48. The molecule has 20 heavy (non-hydrogen) atoms. The van der Waals surface area contributed by atoms with Gasteiger partial charge in [0.05, 0.1) is 17.1 Å². The molecular formula is C13H19N5O2. The van der Waals surface area contributed by atoms with Gasteiger partial charge in [0.15, 0.2) is 5.69 Å². The first-order valence-electron chi connectivity index (χ1n) is 6.57. The number of carbonyl (C=O) groups is 1. The van der Waals surface area contributed by atoms with Crippen molar-refractivity contribution in [1.82, 2.24) is 20.7 Å². The van der Waals surface area contributed by atoms with Crippen LogP contribution in [0.15, 0.2) is 4.52 Å². The van der Waals surface area contributed by atoms with E-state index in [1.54, 1.807) is 0 Å². The van der Waals surface area contributed by atoms with Gasteiger partial charge in [-0.25, -0.2) is 0 Å². The molecule has 0 saturated carbocycles. The topological polar surface area (TPSA) is 110 Å². The number of aromatic nitrogens is 3. The fourth-order valence-corrected chi connectivity index (χ4v) is 2.01. The summed E-state index contributed by atoms with van der Waals surface area (Å²) in [5.74, 6) is 0.394. The molecule has 7 nitrogen and oxygen atoms in total. The van der Waals surface area contributed by atoms with Crippen molar-refractivity contribution in [2.24, 2.45) is 0 Å². The van der Waals surface area contributed by atoms with Gasteiger partial charge in [0.1, 0.15) is 5.76 Å². The van der Waals surface area contributed by atoms with E-state index in [1.165, 1.54) is 0 Å². The highest BCUT2D eigenvalue weighted by Gasteiger charge is 2.18. The number of nitrogens with one attached hydrogen (secondary N) is 2. The number of H-pyrrole nitrogens is 1. The molecule has 0 aromatic carbocycles. The van der Waals surface area contributed by atoms with Gasteiger partial charge in [0, 0.05) is 12.1 Å². The predicted molar refractivity (Wildman–Crippen MR) is 74.1 cm³/mol. The van der Waals surface area contributed by atoms with E-state index in [-0.39, 0.29) is 11.6 Å². The van der Waals surface area contributed by atoms with E-state index < -0.39 is 0 Å². The first kappa shape index (κ1) is 14.1. The highest BCUT2D eigenvalue weighted by Crippen LogP contribution is 2.16. The van der Waals surface area contributed by atoms with Crippen LogP contribution in [-0.2, 0) is 13.0 Å². The fraction of sp³-hybridized carbons (Fsp3) is 0.462. The van der Waals surface area contributed by atoms with Crippen molar-refractivity contribution >= 4 is 11.6 Å². The average Bonchev–Trinajstić information content (AvgIpc) is 2.93. The Hall–Kier alpha value is -2.31. The van der Waals surface area contributed by atoms with E-state index in [2.05, 4.69) is 20.7 Å². The van der Waals surface area contributed by atoms with Crippen LogP contribution in [0.4, 0.5) is 5.69 Å². The van der Waals surface area contributed by atoms with Crippen molar-refractivity contribution in [2.75, 3.05) is 5.73 Å². The summed E-state index contributed by atoms with van der Waals surface area (Å²) in [6.07, 6.45) is 1.71. The first-order valence-corrected chi connectivity index (χ1v) is 6.57. The van der Waals surface area contributed by atoms with Crippen molar-refractivity contribution < 1.29 is 9.32 Å². The molecule has 0 spiro atoms. The Balaban J connectivity index is 2.06. The third-order valence-electron chi connectivity index (χ3n) is 3.20. The summed E-state index contributed by atoms with van der Waals surface area (Å²) in [5.41, 5.74) is 9.01. The van der Waals surface area contributed by atoms with Gasteiger partial charge in [-0.15, -0.1) is 0 Å². The molecule has 0 bridgehead atoms. The number of nitrogen functional groups attached to an aromatic ring is 1. The highest BCUT2D eigenvalue weighted by atomic mass is 16.5. The van der Waals surface area contributed by atoms with Gasteiger partial charge < -0.3 is 15.6 Å². The molecule has 2 aromatic heterocycles. The summed E-state index contributed by atoms with van der Waals surface area (Å²) in [5, 5.41) is 13.4. The molecule has 108 valence electrons. The maximum Gasteiger partial charge on any atom is 0.274 e. The molecule has 2 aromatic rings. The lowest BCUT2D eigenvalue weighted by molar-refractivity contribution is 0.0946. The molecule has 0 aliphatic carbocycles. The van der Waals surface area contributed by atoms with Gasteiger partial charge in [-0.1, -0.05) is 18.5 Å². The van der Waals surface area contributed by atoms with Crippen molar-refractivity contribution in [2.45, 2.75) is 40.2 Å².